The predicted octanol–water partition coefficient (Wildman–Crippen LogP) is 2.39. The van der Waals surface area contributed by atoms with Crippen LogP contribution in [0.5, 0.6) is 0 Å². The second-order valence-electron chi connectivity index (χ2n) is 7.85. The first-order chi connectivity index (χ1) is 11.3. The van der Waals surface area contributed by atoms with Crippen LogP contribution in [-0.2, 0) is 25.5 Å². The third-order valence-electron chi connectivity index (χ3n) is 4.98. The molecule has 0 saturated carbocycles. The Kier molecular flexibility index (Phi) is 4.16. The minimum absolute atomic E-state index is 0.0123. The summed E-state index contributed by atoms with van der Waals surface area (Å²) in [6.07, 6.45) is 0.663. The molecule has 1 aromatic rings. The highest BCUT2D eigenvalue weighted by molar-refractivity contribution is 5.94. The van der Waals surface area contributed by atoms with Gasteiger partial charge >= 0.3 is 5.97 Å². The molecule has 2 aliphatic heterocycles. The fourth-order valence-corrected chi connectivity index (χ4v) is 3.89. The van der Waals surface area contributed by atoms with Crippen molar-refractivity contribution in [3.63, 3.8) is 0 Å². The molecule has 1 aromatic carbocycles. The zero-order valence-electron chi connectivity index (χ0n) is 14.7. The fraction of sp³-hybridized carbons (Fsp3) is 0.579. The van der Waals surface area contributed by atoms with Gasteiger partial charge in [-0.2, -0.15) is 0 Å². The zero-order valence-corrected chi connectivity index (χ0v) is 14.7. The molecule has 3 rings (SSSR count). The molecular formula is C19H25NO4. The summed E-state index contributed by atoms with van der Waals surface area (Å²) in [4.78, 5) is 27.3. The molecule has 130 valence electrons. The number of nitrogens with zero attached hydrogens (tertiary/aromatic N) is 1. The summed E-state index contributed by atoms with van der Waals surface area (Å²) in [6.45, 7) is 6.26. The number of carbonyl (C=O) groups excluding carboxylic acids is 2. The second-order valence-corrected chi connectivity index (χ2v) is 7.85. The van der Waals surface area contributed by atoms with E-state index in [2.05, 4.69) is 0 Å². The van der Waals surface area contributed by atoms with Crippen molar-refractivity contribution in [1.29, 1.82) is 0 Å². The van der Waals surface area contributed by atoms with Gasteiger partial charge in [-0.05, 0) is 18.4 Å². The van der Waals surface area contributed by atoms with Gasteiger partial charge in [-0.25, -0.2) is 4.79 Å². The molecule has 1 unspecified atom stereocenters. The lowest BCUT2D eigenvalue weighted by molar-refractivity contribution is -0.158. The van der Waals surface area contributed by atoms with Gasteiger partial charge in [-0.1, -0.05) is 51.1 Å². The van der Waals surface area contributed by atoms with E-state index in [1.54, 1.807) is 4.90 Å². The van der Waals surface area contributed by atoms with E-state index < -0.39 is 11.8 Å². The molecule has 0 spiro atoms. The molecule has 1 amide bonds. The summed E-state index contributed by atoms with van der Waals surface area (Å²) < 4.78 is 10.9. The van der Waals surface area contributed by atoms with Gasteiger partial charge in [0.1, 0.15) is 6.23 Å². The van der Waals surface area contributed by atoms with Crippen molar-refractivity contribution in [3.8, 4) is 0 Å². The number of ether oxygens (including phenoxy) is 2. The number of amides is 1. The van der Waals surface area contributed by atoms with Gasteiger partial charge < -0.3 is 9.47 Å². The predicted molar refractivity (Wildman–Crippen MR) is 89.0 cm³/mol. The first-order valence-corrected chi connectivity index (χ1v) is 8.37. The molecule has 0 radical (unpaired) electrons. The average Bonchev–Trinajstić information content (AvgIpc) is 3.05. The summed E-state index contributed by atoms with van der Waals surface area (Å²) in [5.41, 5.74) is -0.152. The highest BCUT2D eigenvalue weighted by atomic mass is 16.6. The molecule has 2 heterocycles. The Hall–Kier alpha value is -1.88. The smallest absolute Gasteiger partial charge is 0.334 e. The van der Waals surface area contributed by atoms with Crippen LogP contribution in [0.25, 0.3) is 0 Å². The van der Waals surface area contributed by atoms with Crippen LogP contribution in [0.2, 0.25) is 0 Å². The Morgan fingerprint density at radius 2 is 2.00 bits per heavy atom. The number of esters is 1. The first-order valence-electron chi connectivity index (χ1n) is 8.37. The number of carbonyl (C=O) groups is 2. The Labute approximate surface area is 142 Å². The van der Waals surface area contributed by atoms with Gasteiger partial charge in [0.15, 0.2) is 5.54 Å². The standard InChI is InChI=1S/C19H25NO4/c1-18(2,3)16-20-15(21)14(10-13-8-6-5-7-9-13)11-19(20,12-24-16)17(22)23-4/h5-9,14,16H,10-12H2,1-4H3/t14-,16?,19+/m0/s1. The van der Waals surface area contributed by atoms with E-state index in [1.165, 1.54) is 7.11 Å². The number of rotatable bonds is 3. The highest BCUT2D eigenvalue weighted by Gasteiger charge is 2.64. The van der Waals surface area contributed by atoms with Crippen LogP contribution in [0.3, 0.4) is 0 Å². The maximum atomic E-state index is 13.1. The van der Waals surface area contributed by atoms with E-state index in [4.69, 9.17) is 9.47 Å². The van der Waals surface area contributed by atoms with Crippen LogP contribution >= 0.6 is 0 Å². The van der Waals surface area contributed by atoms with E-state index in [0.29, 0.717) is 12.8 Å². The van der Waals surface area contributed by atoms with Gasteiger partial charge in [-0.15, -0.1) is 0 Å². The first kappa shape index (κ1) is 17.0. The summed E-state index contributed by atoms with van der Waals surface area (Å²) in [7, 11) is 1.37. The molecule has 2 saturated heterocycles. The molecule has 0 bridgehead atoms. The second kappa shape index (κ2) is 5.88. The monoisotopic (exact) mass is 331 g/mol. The Morgan fingerprint density at radius 1 is 1.33 bits per heavy atom. The van der Waals surface area contributed by atoms with Crippen molar-refractivity contribution >= 4 is 11.9 Å². The van der Waals surface area contributed by atoms with Crippen LogP contribution in [0.15, 0.2) is 30.3 Å². The molecule has 0 N–H and O–H groups in total. The topological polar surface area (TPSA) is 55.8 Å². The number of hydrogen-bond donors (Lipinski definition) is 0. The van der Waals surface area contributed by atoms with E-state index >= 15 is 0 Å². The van der Waals surface area contributed by atoms with Crippen molar-refractivity contribution in [3.05, 3.63) is 35.9 Å². The number of hydrogen-bond acceptors (Lipinski definition) is 4. The number of methoxy groups -OCH3 is 1. The average molecular weight is 331 g/mol. The van der Waals surface area contributed by atoms with E-state index in [-0.39, 0.29) is 29.8 Å². The normalized spacial score (nSPS) is 29.7. The molecular weight excluding hydrogens is 306 g/mol. The van der Waals surface area contributed by atoms with Crippen LogP contribution in [0.1, 0.15) is 32.8 Å². The molecule has 0 aliphatic carbocycles. The van der Waals surface area contributed by atoms with Crippen molar-refractivity contribution in [1.82, 2.24) is 4.90 Å². The van der Waals surface area contributed by atoms with Gasteiger partial charge in [0, 0.05) is 11.3 Å². The summed E-state index contributed by atoms with van der Waals surface area (Å²) in [5.74, 6) is -0.611. The molecule has 2 aliphatic rings. The largest absolute Gasteiger partial charge is 0.467 e. The van der Waals surface area contributed by atoms with Crippen molar-refractivity contribution in [2.75, 3.05) is 13.7 Å². The highest BCUT2D eigenvalue weighted by Crippen LogP contribution is 2.47. The minimum atomic E-state index is -0.983. The molecule has 2 fully saturated rings. The number of benzene rings is 1. The zero-order chi connectivity index (χ0) is 17.5. The SMILES string of the molecule is COC(=O)[C@@]12COC(C(C)(C)C)N1C(=O)[C@@H](Cc1ccccc1)C2. The molecule has 3 atom stereocenters. The van der Waals surface area contributed by atoms with E-state index in [1.807, 2.05) is 51.1 Å². The summed E-state index contributed by atoms with van der Waals surface area (Å²) in [6, 6.07) is 9.91. The fourth-order valence-electron chi connectivity index (χ4n) is 3.89. The summed E-state index contributed by atoms with van der Waals surface area (Å²) >= 11 is 0. The van der Waals surface area contributed by atoms with E-state index in [9.17, 15) is 9.59 Å². The maximum absolute atomic E-state index is 13.1. The third-order valence-corrected chi connectivity index (χ3v) is 4.98. The molecule has 5 nitrogen and oxygen atoms in total. The third kappa shape index (κ3) is 2.61. The quantitative estimate of drug-likeness (QED) is 0.798. The maximum Gasteiger partial charge on any atom is 0.334 e. The lowest BCUT2D eigenvalue weighted by Gasteiger charge is -2.36. The van der Waals surface area contributed by atoms with Gasteiger partial charge in [0.25, 0.3) is 0 Å². The van der Waals surface area contributed by atoms with Gasteiger partial charge in [-0.3, -0.25) is 9.69 Å². The van der Waals surface area contributed by atoms with Crippen molar-refractivity contribution in [2.24, 2.45) is 11.3 Å². The molecule has 0 aromatic heterocycles. The molecule has 24 heavy (non-hydrogen) atoms. The minimum Gasteiger partial charge on any atom is -0.467 e. The van der Waals surface area contributed by atoms with Crippen LogP contribution < -0.4 is 0 Å². The Morgan fingerprint density at radius 3 is 2.58 bits per heavy atom. The molecule has 5 heteroatoms. The van der Waals surface area contributed by atoms with Gasteiger partial charge in [0.2, 0.25) is 5.91 Å². The van der Waals surface area contributed by atoms with Crippen molar-refractivity contribution < 1.29 is 19.1 Å². The van der Waals surface area contributed by atoms with Gasteiger partial charge in [0.05, 0.1) is 13.7 Å². The number of fused-ring (bicyclic) bond motifs is 1. The Bertz CT molecular complexity index is 637. The van der Waals surface area contributed by atoms with Crippen LogP contribution in [0, 0.1) is 11.3 Å². The lowest BCUT2D eigenvalue weighted by Crippen LogP contribution is -2.54. The lowest BCUT2D eigenvalue weighted by atomic mass is 9.89. The Balaban J connectivity index is 1.93. The van der Waals surface area contributed by atoms with Crippen molar-refractivity contribution in [2.45, 2.75) is 45.4 Å². The summed E-state index contributed by atoms with van der Waals surface area (Å²) in [5, 5.41) is 0. The van der Waals surface area contributed by atoms with E-state index in [0.717, 1.165) is 5.56 Å². The van der Waals surface area contributed by atoms with Crippen LogP contribution in [-0.4, -0.2) is 42.3 Å². The van der Waals surface area contributed by atoms with Crippen LogP contribution in [0.4, 0.5) is 0 Å².